The van der Waals surface area contributed by atoms with Crippen LogP contribution in [0.3, 0.4) is 0 Å². The zero-order chi connectivity index (χ0) is 16.2. The monoisotopic (exact) mass is 328 g/mol. The van der Waals surface area contributed by atoms with Crippen molar-refractivity contribution in [2.75, 3.05) is 33.4 Å². The number of hydrogen-bond donors (Lipinski definition) is 1. The summed E-state index contributed by atoms with van der Waals surface area (Å²) in [6, 6.07) is 6.57. The Morgan fingerprint density at radius 1 is 1.27 bits per heavy atom. The summed E-state index contributed by atoms with van der Waals surface area (Å²) < 4.78 is 37.1. The quantitative estimate of drug-likeness (QED) is 0.790. The van der Waals surface area contributed by atoms with Gasteiger partial charge in [-0.15, -0.1) is 0 Å². The van der Waals surface area contributed by atoms with Gasteiger partial charge in [-0.25, -0.2) is 8.42 Å². The number of benzene rings is 1. The molecule has 1 aromatic rings. The summed E-state index contributed by atoms with van der Waals surface area (Å²) in [6.07, 6.45) is 0.693. The Labute approximate surface area is 132 Å². The van der Waals surface area contributed by atoms with Crippen LogP contribution in [-0.2, 0) is 14.8 Å². The van der Waals surface area contributed by atoms with Crippen LogP contribution in [0.5, 0.6) is 5.75 Å². The summed E-state index contributed by atoms with van der Waals surface area (Å²) in [4.78, 5) is 0.286. The fraction of sp³-hybridized carbons (Fsp3) is 0.600. The van der Waals surface area contributed by atoms with Gasteiger partial charge in [-0.3, -0.25) is 0 Å². The first-order valence-electron chi connectivity index (χ1n) is 7.42. The van der Waals surface area contributed by atoms with Crippen LogP contribution in [0, 0.1) is 5.92 Å². The van der Waals surface area contributed by atoms with Crippen molar-refractivity contribution in [3.8, 4) is 5.75 Å². The Hall–Kier alpha value is -1.15. The molecule has 0 amide bonds. The summed E-state index contributed by atoms with van der Waals surface area (Å²) in [5.74, 6) is 0.796. The van der Waals surface area contributed by atoms with Crippen LogP contribution < -0.4 is 10.5 Å². The fourth-order valence-corrected chi connectivity index (χ4v) is 4.00. The topological polar surface area (TPSA) is 81.9 Å². The molecule has 2 rings (SSSR count). The van der Waals surface area contributed by atoms with E-state index in [1.165, 1.54) is 4.31 Å². The van der Waals surface area contributed by atoms with E-state index in [0.717, 1.165) is 0 Å². The number of methoxy groups -OCH3 is 1. The SMILES string of the molecule is COCCOc1ccc(S(=O)(=O)N2CCC(N)C(C)C2)cc1. The first kappa shape index (κ1) is 17.2. The molecule has 1 aliphatic rings. The molecule has 22 heavy (non-hydrogen) atoms. The van der Waals surface area contributed by atoms with Crippen molar-refractivity contribution >= 4 is 10.0 Å². The third kappa shape index (κ3) is 3.98. The summed E-state index contributed by atoms with van der Waals surface area (Å²) in [5, 5.41) is 0. The number of rotatable bonds is 6. The van der Waals surface area contributed by atoms with Gasteiger partial charge in [0.05, 0.1) is 11.5 Å². The predicted molar refractivity (Wildman–Crippen MR) is 84.3 cm³/mol. The zero-order valence-corrected chi connectivity index (χ0v) is 13.9. The third-order valence-electron chi connectivity index (χ3n) is 3.95. The maximum atomic E-state index is 12.6. The highest BCUT2D eigenvalue weighted by Crippen LogP contribution is 2.24. The summed E-state index contributed by atoms with van der Waals surface area (Å²) in [5.41, 5.74) is 5.95. The van der Waals surface area contributed by atoms with Gasteiger partial charge in [0.15, 0.2) is 0 Å². The molecule has 2 atom stereocenters. The lowest BCUT2D eigenvalue weighted by Crippen LogP contribution is -2.48. The van der Waals surface area contributed by atoms with E-state index in [4.69, 9.17) is 15.2 Å². The van der Waals surface area contributed by atoms with E-state index in [0.29, 0.717) is 38.5 Å². The van der Waals surface area contributed by atoms with Gasteiger partial charge in [-0.2, -0.15) is 4.31 Å². The summed E-state index contributed by atoms with van der Waals surface area (Å²) in [6.45, 7) is 3.85. The van der Waals surface area contributed by atoms with Gasteiger partial charge in [-0.05, 0) is 36.6 Å². The predicted octanol–water partition coefficient (Wildman–Crippen LogP) is 1.07. The Morgan fingerprint density at radius 2 is 1.95 bits per heavy atom. The van der Waals surface area contributed by atoms with Crippen molar-refractivity contribution in [3.63, 3.8) is 0 Å². The molecule has 1 saturated heterocycles. The number of nitrogens with zero attached hydrogens (tertiary/aromatic N) is 1. The van der Waals surface area contributed by atoms with E-state index < -0.39 is 10.0 Å². The Morgan fingerprint density at radius 3 is 2.55 bits per heavy atom. The smallest absolute Gasteiger partial charge is 0.243 e. The van der Waals surface area contributed by atoms with Crippen LogP contribution in [0.1, 0.15) is 13.3 Å². The molecule has 0 saturated carbocycles. The van der Waals surface area contributed by atoms with Crippen LogP contribution >= 0.6 is 0 Å². The molecular weight excluding hydrogens is 304 g/mol. The average molecular weight is 328 g/mol. The zero-order valence-electron chi connectivity index (χ0n) is 13.1. The lowest BCUT2D eigenvalue weighted by atomic mass is 9.96. The van der Waals surface area contributed by atoms with Crippen LogP contribution in [0.15, 0.2) is 29.2 Å². The largest absolute Gasteiger partial charge is 0.491 e. The normalized spacial score (nSPS) is 23.4. The first-order chi connectivity index (χ1) is 10.4. The van der Waals surface area contributed by atoms with E-state index >= 15 is 0 Å². The van der Waals surface area contributed by atoms with Gasteiger partial charge in [0.1, 0.15) is 12.4 Å². The van der Waals surface area contributed by atoms with Crippen molar-refractivity contribution in [1.29, 1.82) is 0 Å². The molecule has 1 aromatic carbocycles. The van der Waals surface area contributed by atoms with Crippen molar-refractivity contribution in [3.05, 3.63) is 24.3 Å². The number of sulfonamides is 1. The van der Waals surface area contributed by atoms with Crippen molar-refractivity contribution < 1.29 is 17.9 Å². The molecule has 2 N–H and O–H groups in total. The molecule has 0 aromatic heterocycles. The molecule has 1 fully saturated rings. The van der Waals surface area contributed by atoms with Crippen LogP contribution in [-0.4, -0.2) is 52.2 Å². The second-order valence-corrected chi connectivity index (χ2v) is 7.54. The van der Waals surface area contributed by atoms with E-state index in [2.05, 4.69) is 0 Å². The molecule has 0 aliphatic carbocycles. The molecule has 2 unspecified atom stereocenters. The summed E-state index contributed by atoms with van der Waals surface area (Å²) in [7, 11) is -1.86. The van der Waals surface area contributed by atoms with E-state index in [1.54, 1.807) is 31.4 Å². The van der Waals surface area contributed by atoms with Gasteiger partial charge in [0, 0.05) is 26.2 Å². The Balaban J connectivity index is 2.06. The lowest BCUT2D eigenvalue weighted by molar-refractivity contribution is 0.146. The molecule has 0 radical (unpaired) electrons. The van der Waals surface area contributed by atoms with E-state index in [1.807, 2.05) is 6.92 Å². The highest BCUT2D eigenvalue weighted by molar-refractivity contribution is 7.89. The van der Waals surface area contributed by atoms with Gasteiger partial charge in [0.25, 0.3) is 0 Å². The number of ether oxygens (including phenoxy) is 2. The van der Waals surface area contributed by atoms with Gasteiger partial charge < -0.3 is 15.2 Å². The molecule has 124 valence electrons. The van der Waals surface area contributed by atoms with Gasteiger partial charge in [0.2, 0.25) is 10.0 Å². The maximum Gasteiger partial charge on any atom is 0.243 e. The maximum absolute atomic E-state index is 12.6. The molecule has 7 heteroatoms. The third-order valence-corrected chi connectivity index (χ3v) is 5.83. The second kappa shape index (κ2) is 7.41. The minimum absolute atomic E-state index is 0.0722. The van der Waals surface area contributed by atoms with Crippen LogP contribution in [0.2, 0.25) is 0 Å². The van der Waals surface area contributed by atoms with E-state index in [-0.39, 0.29) is 16.9 Å². The van der Waals surface area contributed by atoms with E-state index in [9.17, 15) is 8.42 Å². The lowest BCUT2D eigenvalue weighted by Gasteiger charge is -2.34. The Kier molecular flexibility index (Phi) is 5.80. The first-order valence-corrected chi connectivity index (χ1v) is 8.86. The molecule has 0 spiro atoms. The highest BCUT2D eigenvalue weighted by atomic mass is 32.2. The minimum Gasteiger partial charge on any atom is -0.491 e. The van der Waals surface area contributed by atoms with Crippen molar-refractivity contribution in [2.45, 2.75) is 24.3 Å². The summed E-state index contributed by atoms with van der Waals surface area (Å²) >= 11 is 0. The highest BCUT2D eigenvalue weighted by Gasteiger charge is 2.31. The Bertz CT molecular complexity index is 574. The van der Waals surface area contributed by atoms with Gasteiger partial charge >= 0.3 is 0 Å². The number of hydrogen-bond acceptors (Lipinski definition) is 5. The van der Waals surface area contributed by atoms with Crippen molar-refractivity contribution in [1.82, 2.24) is 4.31 Å². The average Bonchev–Trinajstić information content (AvgIpc) is 2.51. The molecule has 0 bridgehead atoms. The standard InChI is InChI=1S/C15H24N2O4S/c1-12-11-17(8-7-15(12)16)22(18,19)14-5-3-13(4-6-14)21-10-9-20-2/h3-6,12,15H,7-11,16H2,1-2H3. The second-order valence-electron chi connectivity index (χ2n) is 5.61. The molecular formula is C15H24N2O4S. The van der Waals surface area contributed by atoms with Crippen LogP contribution in [0.4, 0.5) is 0 Å². The molecule has 1 heterocycles. The minimum atomic E-state index is -3.46. The number of nitrogens with two attached hydrogens (primary N) is 1. The fourth-order valence-electron chi connectivity index (χ4n) is 2.44. The molecule has 6 nitrogen and oxygen atoms in total. The van der Waals surface area contributed by atoms with Gasteiger partial charge in [-0.1, -0.05) is 6.92 Å². The van der Waals surface area contributed by atoms with Crippen molar-refractivity contribution in [2.24, 2.45) is 11.7 Å². The van der Waals surface area contributed by atoms with Crippen LogP contribution in [0.25, 0.3) is 0 Å². The number of piperidine rings is 1. The molecule has 1 aliphatic heterocycles.